The average molecular weight is 248 g/mol. The molecular formula is C13H12O5. The van der Waals surface area contributed by atoms with Crippen LogP contribution in [0.25, 0.3) is 10.8 Å². The maximum atomic E-state index is 11.8. The summed E-state index contributed by atoms with van der Waals surface area (Å²) in [7, 11) is 0. The Hall–Kier alpha value is -2.01. The predicted octanol–water partition coefficient (Wildman–Crippen LogP) is 1.74. The summed E-state index contributed by atoms with van der Waals surface area (Å²) in [5.74, 6) is -0.190. The fourth-order valence-corrected chi connectivity index (χ4v) is 2.69. The van der Waals surface area contributed by atoms with Crippen molar-refractivity contribution in [3.8, 4) is 11.5 Å². The SMILES string of the molecule is CC1CC(O)c2oc(=O)c3c(O)cc(O)cc3c21. The zero-order valence-corrected chi connectivity index (χ0v) is 9.67. The summed E-state index contributed by atoms with van der Waals surface area (Å²) in [6.45, 7) is 1.90. The highest BCUT2D eigenvalue weighted by atomic mass is 16.4. The summed E-state index contributed by atoms with van der Waals surface area (Å²) in [6.07, 6.45) is -0.343. The first kappa shape index (κ1) is 11.1. The zero-order valence-electron chi connectivity index (χ0n) is 9.67. The fourth-order valence-electron chi connectivity index (χ4n) is 2.69. The van der Waals surface area contributed by atoms with Crippen molar-refractivity contribution >= 4 is 10.8 Å². The van der Waals surface area contributed by atoms with E-state index >= 15 is 0 Å². The van der Waals surface area contributed by atoms with Gasteiger partial charge in [0, 0.05) is 17.0 Å². The number of phenols is 2. The second-order valence-electron chi connectivity index (χ2n) is 4.71. The van der Waals surface area contributed by atoms with Gasteiger partial charge in [0.25, 0.3) is 0 Å². The number of aliphatic hydroxyl groups is 1. The first-order chi connectivity index (χ1) is 8.49. The van der Waals surface area contributed by atoms with E-state index < -0.39 is 11.7 Å². The Balaban J connectivity index is 2.53. The van der Waals surface area contributed by atoms with Crippen LogP contribution in [-0.2, 0) is 0 Å². The van der Waals surface area contributed by atoms with Gasteiger partial charge in [-0.25, -0.2) is 4.79 Å². The van der Waals surface area contributed by atoms with Crippen molar-refractivity contribution in [2.75, 3.05) is 0 Å². The number of hydrogen-bond donors (Lipinski definition) is 3. The van der Waals surface area contributed by atoms with Gasteiger partial charge in [0.1, 0.15) is 28.7 Å². The number of aromatic hydroxyl groups is 2. The van der Waals surface area contributed by atoms with Crippen molar-refractivity contribution in [3.63, 3.8) is 0 Å². The van der Waals surface area contributed by atoms with Crippen LogP contribution in [-0.4, -0.2) is 15.3 Å². The zero-order chi connectivity index (χ0) is 13.0. The third-order valence-corrected chi connectivity index (χ3v) is 3.44. The van der Waals surface area contributed by atoms with Crippen LogP contribution in [0.15, 0.2) is 21.3 Å². The van der Waals surface area contributed by atoms with E-state index in [-0.39, 0.29) is 28.6 Å². The topological polar surface area (TPSA) is 90.9 Å². The summed E-state index contributed by atoms with van der Waals surface area (Å²) in [5.41, 5.74) is -0.0160. The molecule has 0 saturated heterocycles. The molecule has 0 spiro atoms. The van der Waals surface area contributed by atoms with Crippen molar-refractivity contribution < 1.29 is 19.7 Å². The quantitative estimate of drug-likeness (QED) is 0.660. The Morgan fingerprint density at radius 2 is 2.06 bits per heavy atom. The van der Waals surface area contributed by atoms with Crippen molar-refractivity contribution in [1.82, 2.24) is 0 Å². The predicted molar refractivity (Wildman–Crippen MR) is 63.8 cm³/mol. The van der Waals surface area contributed by atoms with E-state index in [0.717, 1.165) is 6.07 Å². The molecule has 2 atom stereocenters. The number of benzene rings is 1. The first-order valence-corrected chi connectivity index (χ1v) is 5.69. The van der Waals surface area contributed by atoms with Crippen LogP contribution in [0, 0.1) is 0 Å². The maximum absolute atomic E-state index is 11.8. The highest BCUT2D eigenvalue weighted by molar-refractivity contribution is 5.92. The third-order valence-electron chi connectivity index (χ3n) is 3.44. The first-order valence-electron chi connectivity index (χ1n) is 5.69. The summed E-state index contributed by atoms with van der Waals surface area (Å²) >= 11 is 0. The number of hydrogen-bond acceptors (Lipinski definition) is 5. The summed E-state index contributed by atoms with van der Waals surface area (Å²) in [5, 5.41) is 29.6. The van der Waals surface area contributed by atoms with E-state index in [1.165, 1.54) is 6.07 Å². The second kappa shape index (κ2) is 3.49. The van der Waals surface area contributed by atoms with Gasteiger partial charge in [0.05, 0.1) is 0 Å². The lowest BCUT2D eigenvalue weighted by Crippen LogP contribution is -2.05. The molecule has 5 nitrogen and oxygen atoms in total. The lowest BCUT2D eigenvalue weighted by Gasteiger charge is -2.09. The number of rotatable bonds is 0. The van der Waals surface area contributed by atoms with Crippen LogP contribution < -0.4 is 5.63 Å². The minimum absolute atomic E-state index is 0.00282. The van der Waals surface area contributed by atoms with E-state index in [9.17, 15) is 20.1 Å². The smallest absolute Gasteiger partial charge is 0.347 e. The normalized spacial score (nSPS) is 22.3. The highest BCUT2D eigenvalue weighted by Crippen LogP contribution is 2.44. The monoisotopic (exact) mass is 248 g/mol. The standard InChI is InChI=1S/C13H12O5/c1-5-2-9(16)12-10(5)7-3-6(14)4-8(15)11(7)13(17)18-12/h3-5,9,14-16H,2H2,1H3. The molecule has 1 aromatic carbocycles. The van der Waals surface area contributed by atoms with Gasteiger partial charge in [-0.15, -0.1) is 0 Å². The Kier molecular flexibility index (Phi) is 2.15. The molecule has 3 rings (SSSR count). The Labute approximate surface area is 102 Å². The molecule has 1 heterocycles. The van der Waals surface area contributed by atoms with Crippen molar-refractivity contribution in [2.45, 2.75) is 25.4 Å². The molecule has 1 aliphatic rings. The van der Waals surface area contributed by atoms with Gasteiger partial charge in [0.2, 0.25) is 0 Å². The average Bonchev–Trinajstić information content (AvgIpc) is 2.53. The van der Waals surface area contributed by atoms with Crippen LogP contribution >= 0.6 is 0 Å². The lowest BCUT2D eigenvalue weighted by atomic mass is 9.99. The molecule has 0 radical (unpaired) electrons. The molecule has 3 N–H and O–H groups in total. The molecule has 0 bridgehead atoms. The molecule has 5 heteroatoms. The molecule has 94 valence electrons. The van der Waals surface area contributed by atoms with Gasteiger partial charge >= 0.3 is 5.63 Å². The van der Waals surface area contributed by atoms with Gasteiger partial charge in [-0.3, -0.25) is 0 Å². The molecule has 0 aliphatic heterocycles. The van der Waals surface area contributed by atoms with E-state index in [2.05, 4.69) is 0 Å². The van der Waals surface area contributed by atoms with E-state index in [1.54, 1.807) is 0 Å². The van der Waals surface area contributed by atoms with Crippen LogP contribution in [0.4, 0.5) is 0 Å². The Morgan fingerprint density at radius 1 is 1.33 bits per heavy atom. The molecule has 1 aliphatic carbocycles. The molecular weight excluding hydrogens is 236 g/mol. The van der Waals surface area contributed by atoms with Crippen LogP contribution in [0.2, 0.25) is 0 Å². The van der Waals surface area contributed by atoms with Crippen LogP contribution in [0.5, 0.6) is 11.5 Å². The largest absolute Gasteiger partial charge is 0.508 e. The van der Waals surface area contributed by atoms with E-state index in [4.69, 9.17) is 4.42 Å². The molecule has 1 aromatic heterocycles. The minimum atomic E-state index is -0.809. The second-order valence-corrected chi connectivity index (χ2v) is 4.71. The van der Waals surface area contributed by atoms with Gasteiger partial charge in [-0.05, 0) is 18.4 Å². The summed E-state index contributed by atoms with van der Waals surface area (Å²) < 4.78 is 5.09. The van der Waals surface area contributed by atoms with Crippen LogP contribution in [0.1, 0.15) is 36.7 Å². The highest BCUT2D eigenvalue weighted by Gasteiger charge is 2.32. The molecule has 0 amide bonds. The molecule has 18 heavy (non-hydrogen) atoms. The molecule has 0 saturated carbocycles. The summed E-state index contributed by atoms with van der Waals surface area (Å²) in [6, 6.07) is 2.51. The van der Waals surface area contributed by atoms with E-state index in [1.807, 2.05) is 6.92 Å². The van der Waals surface area contributed by atoms with Crippen molar-refractivity contribution in [2.24, 2.45) is 0 Å². The van der Waals surface area contributed by atoms with E-state index in [0.29, 0.717) is 17.4 Å². The Bertz CT molecular complexity index is 701. The van der Waals surface area contributed by atoms with Crippen molar-refractivity contribution in [3.05, 3.63) is 33.9 Å². The van der Waals surface area contributed by atoms with Gasteiger partial charge in [-0.2, -0.15) is 0 Å². The number of phenolic OH excluding ortho intramolecular Hbond substituents is 2. The van der Waals surface area contributed by atoms with Gasteiger partial charge < -0.3 is 19.7 Å². The third kappa shape index (κ3) is 1.34. The molecule has 2 aromatic rings. The summed E-state index contributed by atoms with van der Waals surface area (Å²) in [4.78, 5) is 11.8. The number of aliphatic hydroxyl groups excluding tert-OH is 1. The molecule has 0 fully saturated rings. The van der Waals surface area contributed by atoms with Crippen molar-refractivity contribution in [1.29, 1.82) is 0 Å². The number of fused-ring (bicyclic) bond motifs is 3. The molecule has 2 unspecified atom stereocenters. The Morgan fingerprint density at radius 3 is 2.78 bits per heavy atom. The van der Waals surface area contributed by atoms with Gasteiger partial charge in [-0.1, -0.05) is 6.92 Å². The van der Waals surface area contributed by atoms with Crippen LogP contribution in [0.3, 0.4) is 0 Å². The maximum Gasteiger partial charge on any atom is 0.347 e. The lowest BCUT2D eigenvalue weighted by molar-refractivity contribution is 0.147. The minimum Gasteiger partial charge on any atom is -0.508 e. The fraction of sp³-hybridized carbons (Fsp3) is 0.308. The van der Waals surface area contributed by atoms with Gasteiger partial charge in [0.15, 0.2) is 0 Å².